The predicted molar refractivity (Wildman–Crippen MR) is 112 cm³/mol. The summed E-state index contributed by atoms with van der Waals surface area (Å²) in [5, 5.41) is 20.7. The lowest BCUT2D eigenvalue weighted by Crippen LogP contribution is -2.36. The van der Waals surface area contributed by atoms with E-state index in [2.05, 4.69) is 33.6 Å². The lowest BCUT2D eigenvalue weighted by atomic mass is 9.87. The summed E-state index contributed by atoms with van der Waals surface area (Å²) in [4.78, 5) is 28.7. The van der Waals surface area contributed by atoms with E-state index < -0.39 is 22.8 Å². The Kier molecular flexibility index (Phi) is 4.67. The van der Waals surface area contributed by atoms with Crippen molar-refractivity contribution in [3.8, 4) is 17.0 Å². The van der Waals surface area contributed by atoms with E-state index >= 15 is 0 Å². The second kappa shape index (κ2) is 6.93. The summed E-state index contributed by atoms with van der Waals surface area (Å²) in [5.41, 5.74) is 4.02. The van der Waals surface area contributed by atoms with Crippen molar-refractivity contribution in [1.29, 1.82) is 0 Å². The number of hydrogen-bond acceptors (Lipinski definition) is 4. The van der Waals surface area contributed by atoms with Crippen LogP contribution in [0, 0.1) is 0 Å². The van der Waals surface area contributed by atoms with Gasteiger partial charge < -0.3 is 19.8 Å². The summed E-state index contributed by atoms with van der Waals surface area (Å²) in [6.45, 7) is 3.20. The largest absolute Gasteiger partial charge is 0.506 e. The lowest BCUT2D eigenvalue weighted by molar-refractivity contribution is 0.0691. The van der Waals surface area contributed by atoms with Gasteiger partial charge in [-0.25, -0.2) is 4.79 Å². The Bertz CT molecular complexity index is 1210. The second-order valence-electron chi connectivity index (χ2n) is 7.73. The Balaban J connectivity index is 0.00000205. The molecule has 1 fully saturated rings. The highest BCUT2D eigenvalue weighted by Crippen LogP contribution is 2.39. The van der Waals surface area contributed by atoms with Crippen molar-refractivity contribution in [2.24, 2.45) is 7.05 Å². The van der Waals surface area contributed by atoms with E-state index in [4.69, 9.17) is 0 Å². The number of pyridine rings is 1. The third-order valence-electron chi connectivity index (χ3n) is 6.12. The highest BCUT2D eigenvalue weighted by atomic mass is 35.5. The molecular formula is C21H22ClN3O4. The summed E-state index contributed by atoms with van der Waals surface area (Å²) in [5.74, 6) is -1.83. The molecule has 0 unspecified atom stereocenters. The van der Waals surface area contributed by atoms with Crippen LogP contribution in [0.3, 0.4) is 0 Å². The highest BCUT2D eigenvalue weighted by molar-refractivity contribution is 5.94. The molecule has 29 heavy (non-hydrogen) atoms. The average molecular weight is 416 g/mol. The van der Waals surface area contributed by atoms with Crippen LogP contribution in [-0.4, -0.2) is 43.7 Å². The Hall–Kier alpha value is -2.77. The number of carboxylic acids is 1. The Morgan fingerprint density at radius 2 is 1.97 bits per heavy atom. The topological polar surface area (TPSA) is 98.6 Å². The quantitative estimate of drug-likeness (QED) is 0.610. The van der Waals surface area contributed by atoms with Crippen molar-refractivity contribution in [3.63, 3.8) is 0 Å². The number of halogens is 1. The smallest absolute Gasteiger partial charge is 0.345 e. The SMILES string of the molecule is Cl.Cn1c(CN2CCC2)cc2cc3c(cc21)CCc1c-3[nH]c(=O)c(C(=O)O)c1O. The average Bonchev–Trinajstić information content (AvgIpc) is 2.91. The van der Waals surface area contributed by atoms with Gasteiger partial charge in [0.25, 0.3) is 5.56 Å². The number of rotatable bonds is 3. The number of nitrogens with one attached hydrogen (secondary N) is 1. The molecule has 5 rings (SSSR count). The molecule has 0 bridgehead atoms. The minimum Gasteiger partial charge on any atom is -0.506 e. The number of aryl methyl sites for hydroxylation is 2. The molecule has 0 spiro atoms. The number of aromatic nitrogens is 2. The predicted octanol–water partition coefficient (Wildman–Crippen LogP) is 2.66. The van der Waals surface area contributed by atoms with Crippen molar-refractivity contribution in [2.45, 2.75) is 25.8 Å². The summed E-state index contributed by atoms with van der Waals surface area (Å²) < 4.78 is 2.22. The van der Waals surface area contributed by atoms with Gasteiger partial charge in [-0.15, -0.1) is 12.4 Å². The number of fused-ring (bicyclic) bond motifs is 4. The molecule has 0 saturated carbocycles. The van der Waals surface area contributed by atoms with E-state index in [-0.39, 0.29) is 12.4 Å². The Labute approximate surface area is 173 Å². The fraction of sp³-hybridized carbons (Fsp3) is 0.333. The fourth-order valence-corrected chi connectivity index (χ4v) is 4.41. The van der Waals surface area contributed by atoms with E-state index in [0.717, 1.165) is 41.7 Å². The molecule has 0 amide bonds. The molecule has 3 heterocycles. The molecule has 1 aromatic carbocycles. The summed E-state index contributed by atoms with van der Waals surface area (Å²) in [7, 11) is 2.08. The normalized spacial score (nSPS) is 15.3. The van der Waals surface area contributed by atoms with Crippen LogP contribution in [0.1, 0.15) is 33.6 Å². The first-order valence-corrected chi connectivity index (χ1v) is 9.49. The number of nitrogens with zero attached hydrogens (tertiary/aromatic N) is 2. The van der Waals surface area contributed by atoms with Crippen LogP contribution in [0.4, 0.5) is 0 Å². The number of aromatic amines is 1. The van der Waals surface area contributed by atoms with Gasteiger partial charge in [-0.3, -0.25) is 9.69 Å². The second-order valence-corrected chi connectivity index (χ2v) is 7.73. The van der Waals surface area contributed by atoms with Crippen molar-refractivity contribution in [3.05, 3.63) is 50.9 Å². The van der Waals surface area contributed by atoms with Crippen LogP contribution in [0.5, 0.6) is 5.75 Å². The Morgan fingerprint density at radius 1 is 1.21 bits per heavy atom. The van der Waals surface area contributed by atoms with Crippen molar-refractivity contribution < 1.29 is 15.0 Å². The van der Waals surface area contributed by atoms with Crippen LogP contribution in [0.2, 0.25) is 0 Å². The van der Waals surface area contributed by atoms with E-state index in [0.29, 0.717) is 24.1 Å². The van der Waals surface area contributed by atoms with Gasteiger partial charge >= 0.3 is 5.97 Å². The van der Waals surface area contributed by atoms with Gasteiger partial charge in [-0.2, -0.15) is 0 Å². The maximum Gasteiger partial charge on any atom is 0.345 e. The van der Waals surface area contributed by atoms with Crippen LogP contribution >= 0.6 is 12.4 Å². The molecular weight excluding hydrogens is 394 g/mol. The van der Waals surface area contributed by atoms with E-state index in [1.807, 2.05) is 6.07 Å². The number of aromatic carboxylic acids is 1. The molecule has 0 radical (unpaired) electrons. The lowest BCUT2D eigenvalue weighted by Gasteiger charge is -2.30. The zero-order chi connectivity index (χ0) is 19.6. The molecule has 1 saturated heterocycles. The monoisotopic (exact) mass is 415 g/mol. The molecule has 2 aromatic heterocycles. The van der Waals surface area contributed by atoms with Crippen molar-refractivity contribution >= 4 is 29.3 Å². The van der Waals surface area contributed by atoms with Crippen LogP contribution in [-0.2, 0) is 26.4 Å². The van der Waals surface area contributed by atoms with E-state index in [1.54, 1.807) is 0 Å². The first kappa shape index (κ1) is 19.5. The zero-order valence-corrected chi connectivity index (χ0v) is 16.8. The molecule has 3 aromatic rings. The Morgan fingerprint density at radius 3 is 2.62 bits per heavy atom. The molecule has 8 heteroatoms. The molecule has 7 nitrogen and oxygen atoms in total. The first-order valence-electron chi connectivity index (χ1n) is 9.49. The number of aromatic hydroxyl groups is 1. The third kappa shape index (κ3) is 2.92. The van der Waals surface area contributed by atoms with Crippen LogP contribution in [0.25, 0.3) is 22.2 Å². The summed E-state index contributed by atoms with van der Waals surface area (Å²) in [6, 6.07) is 6.36. The molecule has 3 N–H and O–H groups in total. The summed E-state index contributed by atoms with van der Waals surface area (Å²) >= 11 is 0. The first-order chi connectivity index (χ1) is 13.4. The third-order valence-corrected chi connectivity index (χ3v) is 6.12. The van der Waals surface area contributed by atoms with Gasteiger partial charge in [0.05, 0.1) is 5.69 Å². The fourth-order valence-electron chi connectivity index (χ4n) is 4.41. The number of carbonyl (C=O) groups is 1. The number of carboxylic acid groups (broad SMARTS) is 1. The number of likely N-dealkylation sites (tertiary alicyclic amines) is 1. The zero-order valence-electron chi connectivity index (χ0n) is 16.0. The van der Waals surface area contributed by atoms with Gasteiger partial charge in [-0.1, -0.05) is 0 Å². The number of benzene rings is 1. The van der Waals surface area contributed by atoms with Gasteiger partial charge in [0.15, 0.2) is 5.56 Å². The van der Waals surface area contributed by atoms with Crippen LogP contribution in [0.15, 0.2) is 23.0 Å². The van der Waals surface area contributed by atoms with Crippen LogP contribution < -0.4 is 5.56 Å². The maximum absolute atomic E-state index is 12.2. The maximum atomic E-state index is 12.2. The van der Waals surface area contributed by atoms with E-state index in [1.165, 1.54) is 12.1 Å². The minimum absolute atomic E-state index is 0. The summed E-state index contributed by atoms with van der Waals surface area (Å²) in [6.07, 6.45) is 2.43. The van der Waals surface area contributed by atoms with Gasteiger partial charge in [0.1, 0.15) is 5.75 Å². The number of H-pyrrole nitrogens is 1. The van der Waals surface area contributed by atoms with Gasteiger partial charge in [0.2, 0.25) is 0 Å². The van der Waals surface area contributed by atoms with Gasteiger partial charge in [0, 0.05) is 41.3 Å². The number of hydrogen-bond donors (Lipinski definition) is 3. The van der Waals surface area contributed by atoms with Gasteiger partial charge in [-0.05, 0) is 56.1 Å². The van der Waals surface area contributed by atoms with Crippen molar-refractivity contribution in [2.75, 3.05) is 13.1 Å². The molecule has 152 valence electrons. The van der Waals surface area contributed by atoms with Crippen molar-refractivity contribution in [1.82, 2.24) is 14.5 Å². The molecule has 1 aliphatic carbocycles. The standard InChI is InChI=1S/C21H21N3O4.ClH/c1-23-13(10-24-5-2-6-24)7-12-8-15-11(9-16(12)23)3-4-14-18(15)22-20(26)17(19(14)25)21(27)28;/h7-9H,2-6,10H2,1H3,(H,27,28)(H2,22,25,26);1H. The van der Waals surface area contributed by atoms with E-state index in [9.17, 15) is 19.8 Å². The molecule has 2 aliphatic rings. The minimum atomic E-state index is -1.42. The highest BCUT2D eigenvalue weighted by Gasteiger charge is 2.27. The molecule has 1 aliphatic heterocycles. The molecule has 0 atom stereocenters.